The van der Waals surface area contributed by atoms with Gasteiger partial charge in [0.2, 0.25) is 5.88 Å². The minimum Gasteiger partial charge on any atom is -0.473 e. The van der Waals surface area contributed by atoms with Crippen LogP contribution in [0.25, 0.3) is 0 Å². The Morgan fingerprint density at radius 1 is 1.30 bits per heavy atom. The second-order valence-electron chi connectivity index (χ2n) is 3.99. The number of halogens is 1. The fourth-order valence-corrected chi connectivity index (χ4v) is 2.38. The minimum atomic E-state index is 0.470. The highest BCUT2D eigenvalue weighted by atomic mass is 79.9. The van der Waals surface area contributed by atoms with E-state index in [0.717, 1.165) is 22.4 Å². The molecular formula is C14H16BrN3OS. The number of nitrogens with zero attached hydrogens (tertiary/aromatic N) is 2. The van der Waals surface area contributed by atoms with Gasteiger partial charge in [0.15, 0.2) is 5.16 Å². The molecule has 0 saturated heterocycles. The number of ether oxygens (including phenoxy) is 1. The topological polar surface area (TPSA) is 47.0 Å². The van der Waals surface area contributed by atoms with E-state index in [1.54, 1.807) is 0 Å². The molecule has 1 aromatic heterocycles. The molecule has 2 rings (SSSR count). The second kappa shape index (κ2) is 7.50. The summed E-state index contributed by atoms with van der Waals surface area (Å²) in [5.74, 6) is 1.37. The Balaban J connectivity index is 2.12. The quantitative estimate of drug-likeness (QED) is 0.628. The number of hydrogen-bond donors (Lipinski definition) is 1. The van der Waals surface area contributed by atoms with Crippen molar-refractivity contribution >= 4 is 33.5 Å². The molecule has 0 radical (unpaired) electrons. The normalized spacial score (nSPS) is 10.3. The Bertz CT molecular complexity index is 580. The van der Waals surface area contributed by atoms with Gasteiger partial charge in [0, 0.05) is 22.6 Å². The van der Waals surface area contributed by atoms with Gasteiger partial charge in [-0.2, -0.15) is 4.98 Å². The van der Waals surface area contributed by atoms with Crippen molar-refractivity contribution < 1.29 is 4.74 Å². The number of aromatic nitrogens is 2. The summed E-state index contributed by atoms with van der Waals surface area (Å²) in [5, 5.41) is 3.88. The average Bonchev–Trinajstić information content (AvgIpc) is 2.46. The van der Waals surface area contributed by atoms with Gasteiger partial charge in [-0.3, -0.25) is 0 Å². The summed E-state index contributed by atoms with van der Waals surface area (Å²) in [6.07, 6.45) is 1.95. The summed E-state index contributed by atoms with van der Waals surface area (Å²) in [7, 11) is 0. The molecule has 0 aliphatic rings. The fraction of sp³-hybridized carbons (Fsp3) is 0.286. The van der Waals surface area contributed by atoms with Gasteiger partial charge in [-0.25, -0.2) is 4.98 Å². The maximum atomic E-state index is 5.77. The standard InChI is InChI=1S/C14H16BrN3OS/c1-3-16-12-8-13(18-14(17-12)20-2)19-9-10-6-4-5-7-11(10)15/h4-8H,3,9H2,1-2H3,(H,16,17,18). The van der Waals surface area contributed by atoms with E-state index in [1.807, 2.05) is 43.5 Å². The van der Waals surface area contributed by atoms with Crippen LogP contribution in [0.5, 0.6) is 5.88 Å². The molecule has 20 heavy (non-hydrogen) atoms. The second-order valence-corrected chi connectivity index (χ2v) is 5.62. The fourth-order valence-electron chi connectivity index (χ4n) is 1.61. The highest BCUT2D eigenvalue weighted by Crippen LogP contribution is 2.21. The molecule has 1 heterocycles. The Morgan fingerprint density at radius 3 is 2.80 bits per heavy atom. The molecule has 0 atom stereocenters. The third kappa shape index (κ3) is 4.11. The number of thioether (sulfide) groups is 1. The summed E-state index contributed by atoms with van der Waals surface area (Å²) < 4.78 is 6.80. The van der Waals surface area contributed by atoms with E-state index in [9.17, 15) is 0 Å². The van der Waals surface area contributed by atoms with Gasteiger partial charge >= 0.3 is 0 Å². The summed E-state index contributed by atoms with van der Waals surface area (Å²) in [6, 6.07) is 9.80. The molecule has 0 aliphatic carbocycles. The first-order valence-electron chi connectivity index (χ1n) is 6.26. The van der Waals surface area contributed by atoms with Crippen LogP contribution in [-0.4, -0.2) is 22.8 Å². The molecular weight excluding hydrogens is 338 g/mol. The molecule has 0 amide bonds. The summed E-state index contributed by atoms with van der Waals surface area (Å²) >= 11 is 5.00. The number of anilines is 1. The highest BCUT2D eigenvalue weighted by molar-refractivity contribution is 9.10. The zero-order valence-corrected chi connectivity index (χ0v) is 13.8. The van der Waals surface area contributed by atoms with E-state index >= 15 is 0 Å². The summed E-state index contributed by atoms with van der Waals surface area (Å²) in [5.41, 5.74) is 1.09. The van der Waals surface area contributed by atoms with Crippen LogP contribution in [0.3, 0.4) is 0 Å². The molecule has 0 fully saturated rings. The number of benzene rings is 1. The monoisotopic (exact) mass is 353 g/mol. The van der Waals surface area contributed by atoms with Gasteiger partial charge in [-0.15, -0.1) is 0 Å². The zero-order valence-electron chi connectivity index (χ0n) is 11.4. The van der Waals surface area contributed by atoms with Crippen LogP contribution >= 0.6 is 27.7 Å². The van der Waals surface area contributed by atoms with Crippen LogP contribution in [0.15, 0.2) is 40.0 Å². The predicted octanol–water partition coefficient (Wildman–Crippen LogP) is 3.97. The van der Waals surface area contributed by atoms with Crippen molar-refractivity contribution in [3.8, 4) is 5.88 Å². The van der Waals surface area contributed by atoms with Gasteiger partial charge < -0.3 is 10.1 Å². The van der Waals surface area contributed by atoms with Crippen molar-refractivity contribution in [3.63, 3.8) is 0 Å². The molecule has 0 bridgehead atoms. The van der Waals surface area contributed by atoms with Gasteiger partial charge in [-0.05, 0) is 19.2 Å². The highest BCUT2D eigenvalue weighted by Gasteiger charge is 2.06. The molecule has 0 unspecified atom stereocenters. The van der Waals surface area contributed by atoms with Gasteiger partial charge in [-0.1, -0.05) is 45.9 Å². The first-order valence-corrected chi connectivity index (χ1v) is 8.28. The van der Waals surface area contributed by atoms with E-state index in [-0.39, 0.29) is 0 Å². The lowest BCUT2D eigenvalue weighted by molar-refractivity contribution is 0.290. The van der Waals surface area contributed by atoms with Crippen molar-refractivity contribution in [2.24, 2.45) is 0 Å². The maximum absolute atomic E-state index is 5.77. The Hall–Kier alpha value is -1.27. The molecule has 0 saturated carbocycles. The van der Waals surface area contributed by atoms with E-state index in [1.165, 1.54) is 11.8 Å². The Morgan fingerprint density at radius 2 is 2.10 bits per heavy atom. The van der Waals surface area contributed by atoms with E-state index < -0.39 is 0 Å². The van der Waals surface area contributed by atoms with Crippen molar-refractivity contribution in [2.45, 2.75) is 18.7 Å². The third-order valence-electron chi connectivity index (χ3n) is 2.56. The number of rotatable bonds is 6. The molecule has 0 spiro atoms. The SMILES string of the molecule is CCNc1cc(OCc2ccccc2Br)nc(SC)n1. The van der Waals surface area contributed by atoms with Gasteiger partial charge in [0.1, 0.15) is 12.4 Å². The van der Waals surface area contributed by atoms with Crippen LogP contribution in [0.1, 0.15) is 12.5 Å². The Kier molecular flexibility index (Phi) is 5.67. The lowest BCUT2D eigenvalue weighted by atomic mass is 10.2. The van der Waals surface area contributed by atoms with Crippen LogP contribution < -0.4 is 10.1 Å². The Labute approximate surface area is 131 Å². The lowest BCUT2D eigenvalue weighted by Crippen LogP contribution is -2.04. The smallest absolute Gasteiger partial charge is 0.219 e. The van der Waals surface area contributed by atoms with Crippen molar-refractivity contribution in [2.75, 3.05) is 18.1 Å². The van der Waals surface area contributed by atoms with E-state index in [4.69, 9.17) is 4.74 Å². The molecule has 2 aromatic rings. The maximum Gasteiger partial charge on any atom is 0.219 e. The van der Waals surface area contributed by atoms with Crippen LogP contribution in [-0.2, 0) is 6.61 Å². The minimum absolute atomic E-state index is 0.470. The largest absolute Gasteiger partial charge is 0.473 e. The van der Waals surface area contributed by atoms with E-state index in [2.05, 4.69) is 31.2 Å². The van der Waals surface area contributed by atoms with Crippen LogP contribution in [0, 0.1) is 0 Å². The first kappa shape index (κ1) is 15.1. The predicted molar refractivity (Wildman–Crippen MR) is 86.5 cm³/mol. The molecule has 106 valence electrons. The third-order valence-corrected chi connectivity index (χ3v) is 3.88. The van der Waals surface area contributed by atoms with Crippen LogP contribution in [0.4, 0.5) is 5.82 Å². The summed E-state index contributed by atoms with van der Waals surface area (Å²) in [4.78, 5) is 8.72. The molecule has 6 heteroatoms. The lowest BCUT2D eigenvalue weighted by Gasteiger charge is -2.10. The number of hydrogen-bond acceptors (Lipinski definition) is 5. The summed E-state index contributed by atoms with van der Waals surface area (Å²) in [6.45, 7) is 3.31. The average molecular weight is 354 g/mol. The van der Waals surface area contributed by atoms with Crippen molar-refractivity contribution in [3.05, 3.63) is 40.4 Å². The van der Waals surface area contributed by atoms with Crippen LogP contribution in [0.2, 0.25) is 0 Å². The van der Waals surface area contributed by atoms with Gasteiger partial charge in [0.25, 0.3) is 0 Å². The van der Waals surface area contributed by atoms with Crippen molar-refractivity contribution in [1.29, 1.82) is 0 Å². The van der Waals surface area contributed by atoms with Gasteiger partial charge in [0.05, 0.1) is 0 Å². The molecule has 1 N–H and O–H groups in total. The zero-order chi connectivity index (χ0) is 14.4. The number of nitrogens with one attached hydrogen (secondary N) is 1. The van der Waals surface area contributed by atoms with Crippen molar-refractivity contribution in [1.82, 2.24) is 9.97 Å². The molecule has 0 aliphatic heterocycles. The van der Waals surface area contributed by atoms with E-state index in [0.29, 0.717) is 17.6 Å². The first-order chi connectivity index (χ1) is 9.72. The molecule has 1 aromatic carbocycles. The molecule has 4 nitrogen and oxygen atoms in total.